The molecule has 0 bridgehead atoms. The van der Waals surface area contributed by atoms with Gasteiger partial charge in [-0.1, -0.05) is 49.9 Å². The average Bonchev–Trinajstić information content (AvgIpc) is 2.70. The van der Waals surface area contributed by atoms with Crippen LogP contribution in [0, 0.1) is 23.7 Å². The Balaban J connectivity index is 1.70. The smallest absolute Gasteiger partial charge is 0.311 e. The van der Waals surface area contributed by atoms with E-state index in [2.05, 4.69) is 12.0 Å². The van der Waals surface area contributed by atoms with Gasteiger partial charge < -0.3 is 4.74 Å². The number of carbonyl (C=O) groups excluding carboxylic acids is 1. The largest absolute Gasteiger partial charge is 0.427 e. The minimum atomic E-state index is -0.187. The van der Waals surface area contributed by atoms with Gasteiger partial charge in [0.25, 0.3) is 0 Å². The number of ether oxygens (including phenoxy) is 1. The van der Waals surface area contributed by atoms with E-state index in [1.807, 2.05) is 24.3 Å². The lowest BCUT2D eigenvalue weighted by molar-refractivity contribution is -0.134. The molecule has 0 N–H and O–H groups in total. The van der Waals surface area contributed by atoms with Crippen LogP contribution in [0.5, 0.6) is 5.75 Å². The van der Waals surface area contributed by atoms with E-state index in [1.54, 1.807) is 24.3 Å². The third-order valence-electron chi connectivity index (χ3n) is 4.39. The molecule has 0 fully saturated rings. The Morgan fingerprint density at radius 2 is 1.41 bits per heavy atom. The van der Waals surface area contributed by atoms with Crippen molar-refractivity contribution in [1.82, 2.24) is 0 Å². The lowest BCUT2D eigenvalue weighted by Gasteiger charge is -2.06. The van der Waals surface area contributed by atoms with E-state index >= 15 is 0 Å². The topological polar surface area (TPSA) is 50.1 Å². The molecule has 2 aromatic rings. The second kappa shape index (κ2) is 11.6. The van der Waals surface area contributed by atoms with Gasteiger partial charge >= 0.3 is 5.97 Å². The highest BCUT2D eigenvalue weighted by molar-refractivity contribution is 5.73. The summed E-state index contributed by atoms with van der Waals surface area (Å²) in [6.07, 6.45) is 13.0. The number of terminal acetylenes is 1. The number of hydrogen-bond donors (Lipinski definition) is 0. The average molecular weight is 359 g/mol. The fourth-order valence-corrected chi connectivity index (χ4v) is 2.84. The third-order valence-corrected chi connectivity index (χ3v) is 4.39. The van der Waals surface area contributed by atoms with E-state index in [9.17, 15) is 4.79 Å². The summed E-state index contributed by atoms with van der Waals surface area (Å²) in [5.74, 6) is 3.03. The number of benzene rings is 2. The fraction of sp³-hybridized carbons (Fsp3) is 0.333. The van der Waals surface area contributed by atoms with Crippen LogP contribution in [0.25, 0.3) is 11.1 Å². The Bertz CT molecular complexity index is 792. The number of nitriles is 1. The molecule has 27 heavy (non-hydrogen) atoms. The van der Waals surface area contributed by atoms with Crippen molar-refractivity contribution < 1.29 is 9.53 Å². The second-order valence-electron chi connectivity index (χ2n) is 6.51. The molecule has 0 spiro atoms. The van der Waals surface area contributed by atoms with Crippen molar-refractivity contribution in [2.24, 2.45) is 0 Å². The SMILES string of the molecule is C#CCCCCCCCCC(=O)Oc1ccc(-c2ccc(C#N)cc2)cc1. The summed E-state index contributed by atoms with van der Waals surface area (Å²) in [5, 5.41) is 8.85. The van der Waals surface area contributed by atoms with Crippen LogP contribution < -0.4 is 4.74 Å². The molecule has 3 nitrogen and oxygen atoms in total. The molecule has 0 heterocycles. The zero-order valence-electron chi connectivity index (χ0n) is 15.6. The van der Waals surface area contributed by atoms with E-state index in [4.69, 9.17) is 16.4 Å². The first-order chi connectivity index (χ1) is 13.2. The number of nitrogens with zero attached hydrogens (tertiary/aromatic N) is 1. The highest BCUT2D eigenvalue weighted by Gasteiger charge is 2.05. The Morgan fingerprint density at radius 1 is 0.852 bits per heavy atom. The highest BCUT2D eigenvalue weighted by atomic mass is 16.5. The molecule has 0 radical (unpaired) electrons. The van der Waals surface area contributed by atoms with Crippen molar-refractivity contribution in [3.63, 3.8) is 0 Å². The predicted octanol–water partition coefficient (Wildman–Crippen LogP) is 5.88. The van der Waals surface area contributed by atoms with Crippen molar-refractivity contribution in [1.29, 1.82) is 5.26 Å². The fourth-order valence-electron chi connectivity index (χ4n) is 2.84. The Hall–Kier alpha value is -3.04. The van der Waals surface area contributed by atoms with Crippen molar-refractivity contribution in [2.45, 2.75) is 51.4 Å². The van der Waals surface area contributed by atoms with Gasteiger partial charge in [-0.15, -0.1) is 12.3 Å². The van der Waals surface area contributed by atoms with Crippen LogP contribution in [0.1, 0.15) is 56.9 Å². The van der Waals surface area contributed by atoms with Crippen LogP contribution in [0.15, 0.2) is 48.5 Å². The summed E-state index contributed by atoms with van der Waals surface area (Å²) in [4.78, 5) is 11.9. The van der Waals surface area contributed by atoms with Crippen LogP contribution in [0.4, 0.5) is 0 Å². The summed E-state index contributed by atoms with van der Waals surface area (Å²) in [6.45, 7) is 0. The molecule has 0 atom stereocenters. The zero-order chi connectivity index (χ0) is 19.3. The summed E-state index contributed by atoms with van der Waals surface area (Å²) >= 11 is 0. The van der Waals surface area contributed by atoms with Gasteiger partial charge in [-0.25, -0.2) is 0 Å². The molecule has 2 aromatic carbocycles. The number of rotatable bonds is 10. The summed E-state index contributed by atoms with van der Waals surface area (Å²) in [6, 6.07) is 16.9. The van der Waals surface area contributed by atoms with Crippen molar-refractivity contribution in [2.75, 3.05) is 0 Å². The first-order valence-corrected chi connectivity index (χ1v) is 9.47. The summed E-state index contributed by atoms with van der Waals surface area (Å²) < 4.78 is 5.40. The number of carbonyl (C=O) groups is 1. The van der Waals surface area contributed by atoms with Gasteiger partial charge in [0.05, 0.1) is 11.6 Å². The van der Waals surface area contributed by atoms with E-state index in [-0.39, 0.29) is 5.97 Å². The van der Waals surface area contributed by atoms with E-state index < -0.39 is 0 Å². The molecule has 0 saturated carbocycles. The molecule has 0 aliphatic heterocycles. The normalized spacial score (nSPS) is 10.0. The minimum Gasteiger partial charge on any atom is -0.427 e. The van der Waals surface area contributed by atoms with Gasteiger partial charge in [-0.2, -0.15) is 5.26 Å². The van der Waals surface area contributed by atoms with Crippen LogP contribution in [-0.2, 0) is 4.79 Å². The summed E-state index contributed by atoms with van der Waals surface area (Å²) in [5.41, 5.74) is 2.68. The first kappa shape index (κ1) is 20.3. The van der Waals surface area contributed by atoms with Gasteiger partial charge in [0.1, 0.15) is 5.75 Å². The third kappa shape index (κ3) is 7.38. The number of unbranched alkanes of at least 4 members (excludes halogenated alkanes) is 6. The standard InChI is InChI=1S/C24H25NO2/c1-2-3-4-5-6-7-8-9-10-24(26)27-23-17-15-22(16-18-23)21-13-11-20(19-25)12-14-21/h1,11-18H,3-10H2. The molecule has 3 heteroatoms. The van der Waals surface area contributed by atoms with E-state index in [0.717, 1.165) is 43.2 Å². The molecule has 0 amide bonds. The number of hydrogen-bond acceptors (Lipinski definition) is 3. The van der Waals surface area contributed by atoms with Gasteiger partial charge in [0.15, 0.2) is 0 Å². The molecule has 0 aliphatic rings. The Labute approximate surface area is 162 Å². The Kier molecular flexibility index (Phi) is 8.67. The second-order valence-corrected chi connectivity index (χ2v) is 6.51. The minimum absolute atomic E-state index is 0.187. The van der Waals surface area contributed by atoms with Gasteiger partial charge in [0, 0.05) is 12.8 Å². The van der Waals surface area contributed by atoms with Crippen LogP contribution in [0.2, 0.25) is 0 Å². The molecule has 0 unspecified atom stereocenters. The van der Waals surface area contributed by atoms with Crippen molar-refractivity contribution >= 4 is 5.97 Å². The quantitative estimate of drug-likeness (QED) is 0.230. The molecule has 2 rings (SSSR count). The van der Waals surface area contributed by atoms with E-state index in [1.165, 1.54) is 12.8 Å². The molecular weight excluding hydrogens is 334 g/mol. The maximum absolute atomic E-state index is 11.9. The first-order valence-electron chi connectivity index (χ1n) is 9.47. The lowest BCUT2D eigenvalue weighted by Crippen LogP contribution is -2.07. The van der Waals surface area contributed by atoms with Gasteiger partial charge in [-0.05, 0) is 48.2 Å². The van der Waals surface area contributed by atoms with Crippen molar-refractivity contribution in [3.05, 3.63) is 54.1 Å². The van der Waals surface area contributed by atoms with E-state index in [0.29, 0.717) is 17.7 Å². The van der Waals surface area contributed by atoms with Crippen LogP contribution in [-0.4, -0.2) is 5.97 Å². The van der Waals surface area contributed by atoms with Crippen LogP contribution in [0.3, 0.4) is 0 Å². The van der Waals surface area contributed by atoms with Crippen LogP contribution >= 0.6 is 0 Å². The highest BCUT2D eigenvalue weighted by Crippen LogP contribution is 2.23. The maximum atomic E-state index is 11.9. The maximum Gasteiger partial charge on any atom is 0.311 e. The molecular formula is C24H25NO2. The van der Waals surface area contributed by atoms with Gasteiger partial charge in [-0.3, -0.25) is 4.79 Å². The Morgan fingerprint density at radius 3 is 2.00 bits per heavy atom. The number of esters is 1. The molecule has 138 valence electrons. The van der Waals surface area contributed by atoms with Crippen molar-refractivity contribution in [3.8, 4) is 35.3 Å². The zero-order valence-corrected chi connectivity index (χ0v) is 15.6. The molecule has 0 saturated heterocycles. The van der Waals surface area contributed by atoms with Gasteiger partial charge in [0.2, 0.25) is 0 Å². The molecule has 0 aromatic heterocycles. The lowest BCUT2D eigenvalue weighted by atomic mass is 10.0. The molecule has 0 aliphatic carbocycles. The predicted molar refractivity (Wildman–Crippen MR) is 108 cm³/mol. The summed E-state index contributed by atoms with van der Waals surface area (Å²) in [7, 11) is 0. The monoisotopic (exact) mass is 359 g/mol.